The molecule has 0 saturated heterocycles. The highest BCUT2D eigenvalue weighted by Crippen LogP contribution is 2.25. The van der Waals surface area contributed by atoms with Crippen molar-refractivity contribution in [3.63, 3.8) is 0 Å². The highest BCUT2D eigenvalue weighted by atomic mass is 16.6. The standard InChI is InChI=1S/C25H29N5O4/c1-25(2,3)34-24(33)30-15-17-9-5-4-8-16(17)12-20(30)23(32)27-14-22(31)26-13-21-28-18-10-6-7-11-19(18)29-21/h4-11,20H,12-15H2,1-3H3,(H,26,31)(H,27,32)(H,28,29)/t20-/m0/s1. The number of fused-ring (bicyclic) bond motifs is 2. The second kappa shape index (κ2) is 9.54. The van der Waals surface area contributed by atoms with Gasteiger partial charge in [0.25, 0.3) is 0 Å². The lowest BCUT2D eigenvalue weighted by Gasteiger charge is -2.36. The van der Waals surface area contributed by atoms with E-state index in [0.717, 1.165) is 22.2 Å². The first-order valence-electron chi connectivity index (χ1n) is 11.2. The van der Waals surface area contributed by atoms with E-state index in [1.165, 1.54) is 4.90 Å². The van der Waals surface area contributed by atoms with Crippen molar-refractivity contribution in [3.05, 3.63) is 65.5 Å². The van der Waals surface area contributed by atoms with Gasteiger partial charge < -0.3 is 20.4 Å². The molecule has 0 saturated carbocycles. The third kappa shape index (κ3) is 5.54. The maximum atomic E-state index is 13.0. The van der Waals surface area contributed by atoms with Crippen LogP contribution in [-0.2, 0) is 33.8 Å². The van der Waals surface area contributed by atoms with Crippen LogP contribution in [-0.4, -0.2) is 51.0 Å². The number of carbonyl (C=O) groups is 3. The van der Waals surface area contributed by atoms with Gasteiger partial charge in [0.1, 0.15) is 17.5 Å². The summed E-state index contributed by atoms with van der Waals surface area (Å²) in [6, 6.07) is 14.5. The van der Waals surface area contributed by atoms with Gasteiger partial charge in [-0.15, -0.1) is 0 Å². The summed E-state index contributed by atoms with van der Waals surface area (Å²) in [6.07, 6.45) is -0.210. The smallest absolute Gasteiger partial charge is 0.411 e. The molecule has 178 valence electrons. The normalized spacial score (nSPS) is 15.5. The minimum atomic E-state index is -0.770. The predicted octanol–water partition coefficient (Wildman–Crippen LogP) is 2.66. The Morgan fingerprint density at radius 3 is 2.50 bits per heavy atom. The number of hydrogen-bond acceptors (Lipinski definition) is 5. The molecule has 1 atom stereocenters. The maximum absolute atomic E-state index is 13.0. The zero-order valence-corrected chi connectivity index (χ0v) is 19.6. The molecule has 0 spiro atoms. The van der Waals surface area contributed by atoms with E-state index in [-0.39, 0.29) is 25.5 Å². The summed E-state index contributed by atoms with van der Waals surface area (Å²) in [5.41, 5.74) is 2.99. The second-order valence-electron chi connectivity index (χ2n) is 9.29. The van der Waals surface area contributed by atoms with Crippen molar-refractivity contribution < 1.29 is 19.1 Å². The van der Waals surface area contributed by atoms with E-state index in [4.69, 9.17) is 4.74 Å². The Labute approximate surface area is 197 Å². The van der Waals surface area contributed by atoms with E-state index in [9.17, 15) is 14.4 Å². The fraction of sp³-hybridized carbons (Fsp3) is 0.360. The van der Waals surface area contributed by atoms with Crippen LogP contribution in [0.1, 0.15) is 37.7 Å². The molecule has 0 unspecified atom stereocenters. The molecule has 9 heteroatoms. The number of imidazole rings is 1. The van der Waals surface area contributed by atoms with Crippen molar-refractivity contribution in [2.24, 2.45) is 0 Å². The van der Waals surface area contributed by atoms with E-state index < -0.39 is 23.6 Å². The summed E-state index contributed by atoms with van der Waals surface area (Å²) in [5.74, 6) is -0.131. The van der Waals surface area contributed by atoms with Gasteiger partial charge in [0.05, 0.1) is 30.7 Å². The Bertz CT molecular complexity index is 1180. The molecule has 3 aromatic rings. The third-order valence-corrected chi connectivity index (χ3v) is 5.49. The van der Waals surface area contributed by atoms with Crippen LogP contribution in [0.15, 0.2) is 48.5 Å². The van der Waals surface area contributed by atoms with Crippen LogP contribution < -0.4 is 10.6 Å². The van der Waals surface area contributed by atoms with Crippen LogP contribution in [0.4, 0.5) is 4.79 Å². The van der Waals surface area contributed by atoms with Gasteiger partial charge in [-0.3, -0.25) is 14.5 Å². The maximum Gasteiger partial charge on any atom is 0.411 e. The monoisotopic (exact) mass is 463 g/mol. The Kier molecular flexibility index (Phi) is 6.54. The Hall–Kier alpha value is -3.88. The van der Waals surface area contributed by atoms with Crippen LogP contribution >= 0.6 is 0 Å². The van der Waals surface area contributed by atoms with E-state index in [2.05, 4.69) is 20.6 Å². The number of amides is 3. The quantitative estimate of drug-likeness (QED) is 0.538. The SMILES string of the molecule is CC(C)(C)OC(=O)N1Cc2ccccc2C[C@H]1C(=O)NCC(=O)NCc1nc2ccccc2[nH]1. The highest BCUT2D eigenvalue weighted by molar-refractivity contribution is 5.90. The number of nitrogens with one attached hydrogen (secondary N) is 3. The number of H-pyrrole nitrogens is 1. The number of hydrogen-bond donors (Lipinski definition) is 3. The largest absolute Gasteiger partial charge is 0.444 e. The first-order valence-corrected chi connectivity index (χ1v) is 11.2. The minimum absolute atomic E-state index is 0.209. The second-order valence-corrected chi connectivity index (χ2v) is 9.29. The number of aromatic nitrogens is 2. The van der Waals surface area contributed by atoms with Crippen molar-refractivity contribution in [1.29, 1.82) is 0 Å². The van der Waals surface area contributed by atoms with E-state index in [0.29, 0.717) is 12.2 Å². The van der Waals surface area contributed by atoms with Gasteiger partial charge >= 0.3 is 6.09 Å². The van der Waals surface area contributed by atoms with Crippen LogP contribution in [0.3, 0.4) is 0 Å². The lowest BCUT2D eigenvalue weighted by molar-refractivity contribution is -0.130. The lowest BCUT2D eigenvalue weighted by Crippen LogP contribution is -2.54. The summed E-state index contributed by atoms with van der Waals surface area (Å²) in [5, 5.41) is 5.41. The van der Waals surface area contributed by atoms with E-state index in [1.54, 1.807) is 20.8 Å². The average molecular weight is 464 g/mol. The fourth-order valence-electron chi connectivity index (χ4n) is 3.89. The molecule has 0 fully saturated rings. The molecule has 0 bridgehead atoms. The van der Waals surface area contributed by atoms with Crippen LogP contribution in [0.2, 0.25) is 0 Å². The molecule has 3 amide bonds. The lowest BCUT2D eigenvalue weighted by atomic mass is 9.94. The number of benzene rings is 2. The van der Waals surface area contributed by atoms with Gasteiger partial charge in [-0.2, -0.15) is 0 Å². The summed E-state index contributed by atoms with van der Waals surface area (Å²) < 4.78 is 5.53. The molecule has 2 aromatic carbocycles. The molecular weight excluding hydrogens is 434 g/mol. The number of rotatable bonds is 5. The molecule has 1 aliphatic heterocycles. The molecule has 3 N–H and O–H groups in total. The molecular formula is C25H29N5O4. The number of nitrogens with zero attached hydrogens (tertiary/aromatic N) is 2. The molecule has 1 aliphatic rings. The first-order chi connectivity index (χ1) is 16.2. The van der Waals surface area contributed by atoms with Crippen LogP contribution in [0.5, 0.6) is 0 Å². The molecule has 9 nitrogen and oxygen atoms in total. The summed E-state index contributed by atoms with van der Waals surface area (Å²) in [4.78, 5) is 47.2. The van der Waals surface area contributed by atoms with Crippen molar-refractivity contribution in [1.82, 2.24) is 25.5 Å². The van der Waals surface area contributed by atoms with Gasteiger partial charge in [-0.05, 0) is 44.0 Å². The van der Waals surface area contributed by atoms with Gasteiger partial charge in [-0.1, -0.05) is 36.4 Å². The Morgan fingerprint density at radius 1 is 1.06 bits per heavy atom. The topological polar surface area (TPSA) is 116 Å². The number of ether oxygens (including phenoxy) is 1. The third-order valence-electron chi connectivity index (χ3n) is 5.49. The van der Waals surface area contributed by atoms with E-state index in [1.807, 2.05) is 48.5 Å². The highest BCUT2D eigenvalue weighted by Gasteiger charge is 2.37. The molecule has 0 aliphatic carbocycles. The van der Waals surface area contributed by atoms with Crippen molar-refractivity contribution >= 4 is 28.9 Å². The summed E-state index contributed by atoms with van der Waals surface area (Å²) in [7, 11) is 0. The molecule has 4 rings (SSSR count). The molecule has 2 heterocycles. The zero-order chi connectivity index (χ0) is 24.3. The van der Waals surface area contributed by atoms with E-state index >= 15 is 0 Å². The Balaban J connectivity index is 1.37. The summed E-state index contributed by atoms with van der Waals surface area (Å²) in [6.45, 7) is 5.61. The zero-order valence-electron chi connectivity index (χ0n) is 19.6. The summed E-state index contributed by atoms with van der Waals surface area (Å²) >= 11 is 0. The number of aromatic amines is 1. The first kappa shape index (κ1) is 23.3. The molecule has 0 radical (unpaired) electrons. The molecule has 1 aromatic heterocycles. The predicted molar refractivity (Wildman–Crippen MR) is 127 cm³/mol. The average Bonchev–Trinajstić information content (AvgIpc) is 3.22. The fourth-order valence-corrected chi connectivity index (χ4v) is 3.89. The molecule has 34 heavy (non-hydrogen) atoms. The van der Waals surface area contributed by atoms with Gasteiger partial charge in [0, 0.05) is 6.42 Å². The van der Waals surface area contributed by atoms with Crippen molar-refractivity contribution in [3.8, 4) is 0 Å². The Morgan fingerprint density at radius 2 is 1.76 bits per heavy atom. The van der Waals surface area contributed by atoms with Crippen molar-refractivity contribution in [2.45, 2.75) is 51.9 Å². The van der Waals surface area contributed by atoms with Gasteiger partial charge in [0.15, 0.2) is 0 Å². The minimum Gasteiger partial charge on any atom is -0.444 e. The van der Waals surface area contributed by atoms with Crippen LogP contribution in [0, 0.1) is 0 Å². The van der Waals surface area contributed by atoms with Crippen molar-refractivity contribution in [2.75, 3.05) is 6.54 Å². The van der Waals surface area contributed by atoms with Gasteiger partial charge in [-0.25, -0.2) is 9.78 Å². The number of carbonyl (C=O) groups excluding carboxylic acids is 3. The number of para-hydroxylation sites is 2. The van der Waals surface area contributed by atoms with Gasteiger partial charge in [0.2, 0.25) is 11.8 Å². The van der Waals surface area contributed by atoms with Crippen LogP contribution in [0.25, 0.3) is 11.0 Å².